The summed E-state index contributed by atoms with van der Waals surface area (Å²) in [5, 5.41) is 1.13. The molecule has 14 heavy (non-hydrogen) atoms. The number of rotatable bonds is 0. The lowest BCUT2D eigenvalue weighted by Gasteiger charge is -1.93. The number of aryl methyl sites for hydroxylation is 2. The molecule has 2 aromatic heterocycles. The number of hydrogen-bond donors (Lipinski definition) is 0. The van der Waals surface area contributed by atoms with Gasteiger partial charge in [-0.2, -0.15) is 4.98 Å². The number of nitrogens with zero attached hydrogens (tertiary/aromatic N) is 2. The number of hydrogen-bond acceptors (Lipinski definition) is 2. The lowest BCUT2D eigenvalue weighted by atomic mass is 10.2. The molecule has 70 valence electrons. The van der Waals surface area contributed by atoms with Gasteiger partial charge < -0.3 is 8.98 Å². The predicted octanol–water partition coefficient (Wildman–Crippen LogP) is 2.63. The number of aromatic nitrogens is 2. The third-order valence-electron chi connectivity index (χ3n) is 2.54. The Morgan fingerprint density at radius 2 is 2.07 bits per heavy atom. The van der Waals surface area contributed by atoms with Gasteiger partial charge >= 0.3 is 0 Å². The molecule has 3 rings (SSSR count). The molecule has 0 radical (unpaired) electrons. The van der Waals surface area contributed by atoms with Crippen molar-refractivity contribution < 1.29 is 4.42 Å². The quantitative estimate of drug-likeness (QED) is 0.540. The average molecular weight is 186 g/mol. The highest BCUT2D eigenvalue weighted by molar-refractivity contribution is 6.03. The molecule has 0 amide bonds. The van der Waals surface area contributed by atoms with E-state index in [1.54, 1.807) is 0 Å². The van der Waals surface area contributed by atoms with E-state index in [0.717, 1.165) is 28.0 Å². The van der Waals surface area contributed by atoms with Crippen LogP contribution in [0.3, 0.4) is 0 Å². The molecule has 1 aromatic carbocycles. The third-order valence-corrected chi connectivity index (χ3v) is 2.54. The van der Waals surface area contributed by atoms with Gasteiger partial charge in [-0.3, -0.25) is 0 Å². The Morgan fingerprint density at radius 1 is 1.29 bits per heavy atom. The molecule has 0 atom stereocenters. The minimum absolute atomic E-state index is 0.719. The van der Waals surface area contributed by atoms with E-state index in [4.69, 9.17) is 4.42 Å². The second kappa shape index (κ2) is 2.38. The van der Waals surface area contributed by atoms with Crippen molar-refractivity contribution in [1.82, 2.24) is 9.55 Å². The zero-order valence-electron chi connectivity index (χ0n) is 8.11. The summed E-state index contributed by atoms with van der Waals surface area (Å²) < 4.78 is 7.63. The maximum atomic E-state index is 5.57. The van der Waals surface area contributed by atoms with Gasteiger partial charge in [0.1, 0.15) is 0 Å². The van der Waals surface area contributed by atoms with E-state index in [2.05, 4.69) is 21.7 Å². The van der Waals surface area contributed by atoms with E-state index >= 15 is 0 Å². The largest absolute Gasteiger partial charge is 0.439 e. The van der Waals surface area contributed by atoms with Crippen molar-refractivity contribution in [3.8, 4) is 0 Å². The second-order valence-corrected chi connectivity index (χ2v) is 3.46. The maximum Gasteiger partial charge on any atom is 0.193 e. The van der Waals surface area contributed by atoms with E-state index in [0.29, 0.717) is 0 Å². The fraction of sp³-hybridized carbons (Fsp3) is 0.182. The van der Waals surface area contributed by atoms with E-state index in [1.165, 1.54) is 0 Å². The van der Waals surface area contributed by atoms with E-state index in [-0.39, 0.29) is 0 Å². The summed E-state index contributed by atoms with van der Waals surface area (Å²) in [4.78, 5) is 4.35. The van der Waals surface area contributed by atoms with Crippen LogP contribution in [0.5, 0.6) is 0 Å². The SMILES string of the molecule is Cc1nc2c(o1)c1ccccc1n2C. The van der Waals surface area contributed by atoms with Gasteiger partial charge in [0.05, 0.1) is 5.52 Å². The molecule has 0 aliphatic heterocycles. The summed E-state index contributed by atoms with van der Waals surface area (Å²) in [7, 11) is 2.01. The maximum absolute atomic E-state index is 5.57. The Kier molecular flexibility index (Phi) is 1.29. The van der Waals surface area contributed by atoms with Crippen molar-refractivity contribution in [2.45, 2.75) is 6.92 Å². The molecular weight excluding hydrogens is 176 g/mol. The third kappa shape index (κ3) is 0.789. The van der Waals surface area contributed by atoms with Gasteiger partial charge in [0.15, 0.2) is 17.1 Å². The molecule has 0 bridgehead atoms. The van der Waals surface area contributed by atoms with E-state index in [9.17, 15) is 0 Å². The van der Waals surface area contributed by atoms with Crippen LogP contribution in [0.4, 0.5) is 0 Å². The van der Waals surface area contributed by atoms with Gasteiger partial charge in [0.2, 0.25) is 0 Å². The summed E-state index contributed by atoms with van der Waals surface area (Å²) in [6.45, 7) is 1.87. The van der Waals surface area contributed by atoms with E-state index in [1.807, 2.05) is 26.1 Å². The monoisotopic (exact) mass is 186 g/mol. The summed E-state index contributed by atoms with van der Waals surface area (Å²) in [5.74, 6) is 0.719. The summed E-state index contributed by atoms with van der Waals surface area (Å²) in [6, 6.07) is 8.16. The first-order valence-corrected chi connectivity index (χ1v) is 4.58. The standard InChI is InChI=1S/C11H10N2O/c1-7-12-11-10(14-7)8-5-3-4-6-9(8)13(11)2/h3-6H,1-2H3. The van der Waals surface area contributed by atoms with Crippen molar-refractivity contribution >= 4 is 22.1 Å². The highest BCUT2D eigenvalue weighted by Gasteiger charge is 2.12. The first-order chi connectivity index (χ1) is 6.77. The van der Waals surface area contributed by atoms with Gasteiger partial charge in [0.25, 0.3) is 0 Å². The van der Waals surface area contributed by atoms with Gasteiger partial charge in [-0.15, -0.1) is 0 Å². The zero-order chi connectivity index (χ0) is 9.71. The zero-order valence-corrected chi connectivity index (χ0v) is 8.11. The molecule has 0 aliphatic rings. The van der Waals surface area contributed by atoms with Crippen LogP contribution in [-0.2, 0) is 7.05 Å². The summed E-state index contributed by atoms with van der Waals surface area (Å²) in [6.07, 6.45) is 0. The molecule has 0 spiro atoms. The topological polar surface area (TPSA) is 31.0 Å². The van der Waals surface area contributed by atoms with Crippen LogP contribution in [-0.4, -0.2) is 9.55 Å². The highest BCUT2D eigenvalue weighted by atomic mass is 16.3. The van der Waals surface area contributed by atoms with Crippen molar-refractivity contribution in [3.63, 3.8) is 0 Å². The van der Waals surface area contributed by atoms with Gasteiger partial charge in [0, 0.05) is 19.4 Å². The Hall–Kier alpha value is -1.77. The minimum Gasteiger partial charge on any atom is -0.439 e. The molecule has 3 nitrogen and oxygen atoms in total. The molecule has 2 heterocycles. The van der Waals surface area contributed by atoms with Crippen LogP contribution in [0.2, 0.25) is 0 Å². The molecule has 3 aromatic rings. The fourth-order valence-electron chi connectivity index (χ4n) is 1.89. The van der Waals surface area contributed by atoms with Crippen molar-refractivity contribution in [2.24, 2.45) is 7.05 Å². The predicted molar refractivity (Wildman–Crippen MR) is 55.2 cm³/mol. The Bertz CT molecular complexity index is 619. The molecule has 0 saturated heterocycles. The van der Waals surface area contributed by atoms with Crippen LogP contribution in [0.1, 0.15) is 5.89 Å². The van der Waals surface area contributed by atoms with Crippen LogP contribution >= 0.6 is 0 Å². The van der Waals surface area contributed by atoms with Gasteiger partial charge in [-0.05, 0) is 12.1 Å². The van der Waals surface area contributed by atoms with E-state index < -0.39 is 0 Å². The number of para-hydroxylation sites is 1. The Morgan fingerprint density at radius 3 is 2.93 bits per heavy atom. The van der Waals surface area contributed by atoms with Gasteiger partial charge in [-0.1, -0.05) is 12.1 Å². The van der Waals surface area contributed by atoms with Crippen LogP contribution in [0, 0.1) is 6.92 Å². The van der Waals surface area contributed by atoms with Crippen LogP contribution in [0.25, 0.3) is 22.1 Å². The second-order valence-electron chi connectivity index (χ2n) is 3.46. The van der Waals surface area contributed by atoms with Gasteiger partial charge in [-0.25, -0.2) is 0 Å². The van der Waals surface area contributed by atoms with Crippen LogP contribution in [0.15, 0.2) is 28.7 Å². The number of oxazole rings is 1. The first-order valence-electron chi connectivity index (χ1n) is 4.58. The Balaban J connectivity index is 2.65. The lowest BCUT2D eigenvalue weighted by Crippen LogP contribution is -1.87. The smallest absolute Gasteiger partial charge is 0.193 e. The molecule has 0 N–H and O–H groups in total. The highest BCUT2D eigenvalue weighted by Crippen LogP contribution is 2.27. The van der Waals surface area contributed by atoms with Crippen molar-refractivity contribution in [3.05, 3.63) is 30.2 Å². The fourth-order valence-corrected chi connectivity index (χ4v) is 1.89. The van der Waals surface area contributed by atoms with Crippen LogP contribution < -0.4 is 0 Å². The molecule has 0 fully saturated rings. The molecule has 0 unspecified atom stereocenters. The Labute approximate surface area is 81.0 Å². The van der Waals surface area contributed by atoms with Crippen molar-refractivity contribution in [2.75, 3.05) is 0 Å². The summed E-state index contributed by atoms with van der Waals surface area (Å²) in [5.41, 5.74) is 2.97. The molecular formula is C11H10N2O. The first kappa shape index (κ1) is 7.62. The normalized spacial score (nSPS) is 11.6. The summed E-state index contributed by atoms with van der Waals surface area (Å²) >= 11 is 0. The molecule has 3 heteroatoms. The minimum atomic E-state index is 0.719. The average Bonchev–Trinajstić information content (AvgIpc) is 2.68. The lowest BCUT2D eigenvalue weighted by molar-refractivity contribution is 0.563. The molecule has 0 aliphatic carbocycles. The number of benzene rings is 1. The number of fused-ring (bicyclic) bond motifs is 3. The van der Waals surface area contributed by atoms with Crippen molar-refractivity contribution in [1.29, 1.82) is 0 Å². The molecule has 0 saturated carbocycles.